The first kappa shape index (κ1) is 10.1. The summed E-state index contributed by atoms with van der Waals surface area (Å²) in [5.74, 6) is 0.723. The first-order valence-corrected chi connectivity index (χ1v) is 4.83. The summed E-state index contributed by atoms with van der Waals surface area (Å²) in [5, 5.41) is 17.9. The average molecular weight is 206 g/mol. The molecule has 0 aliphatic rings. The van der Waals surface area contributed by atoms with Crippen molar-refractivity contribution in [3.05, 3.63) is 30.2 Å². The van der Waals surface area contributed by atoms with E-state index in [9.17, 15) is 5.11 Å². The molecule has 0 saturated heterocycles. The van der Waals surface area contributed by atoms with Crippen molar-refractivity contribution in [1.82, 2.24) is 14.6 Å². The van der Waals surface area contributed by atoms with Gasteiger partial charge >= 0.3 is 0 Å². The number of aliphatic hydroxyl groups is 1. The molecule has 1 unspecified atom stereocenters. The fourth-order valence-electron chi connectivity index (χ4n) is 1.42. The molecule has 0 aliphatic carbocycles. The molecule has 1 atom stereocenters. The van der Waals surface area contributed by atoms with E-state index in [1.54, 1.807) is 6.92 Å². The van der Waals surface area contributed by atoms with Crippen LogP contribution in [0.1, 0.15) is 12.7 Å². The van der Waals surface area contributed by atoms with E-state index in [4.69, 9.17) is 5.73 Å². The average Bonchev–Trinajstić information content (AvgIpc) is 2.62. The third-order valence-corrected chi connectivity index (χ3v) is 2.36. The van der Waals surface area contributed by atoms with E-state index < -0.39 is 5.60 Å². The summed E-state index contributed by atoms with van der Waals surface area (Å²) < 4.78 is 1.85. The molecule has 2 rings (SSSR count). The lowest BCUT2D eigenvalue weighted by Gasteiger charge is -2.19. The van der Waals surface area contributed by atoms with Crippen molar-refractivity contribution in [2.45, 2.75) is 18.9 Å². The van der Waals surface area contributed by atoms with Gasteiger partial charge in [0.05, 0.1) is 5.60 Å². The summed E-state index contributed by atoms with van der Waals surface area (Å²) in [6.07, 6.45) is 2.27. The van der Waals surface area contributed by atoms with Crippen molar-refractivity contribution in [2.24, 2.45) is 5.73 Å². The zero-order valence-electron chi connectivity index (χ0n) is 8.59. The van der Waals surface area contributed by atoms with Gasteiger partial charge in [0, 0.05) is 19.2 Å². The molecule has 0 bridgehead atoms. The summed E-state index contributed by atoms with van der Waals surface area (Å²) in [4.78, 5) is 0. The van der Waals surface area contributed by atoms with E-state index in [0.29, 0.717) is 6.42 Å². The van der Waals surface area contributed by atoms with Gasteiger partial charge in [0.1, 0.15) is 5.82 Å². The summed E-state index contributed by atoms with van der Waals surface area (Å²) in [6.45, 7) is 1.89. The molecule has 80 valence electrons. The van der Waals surface area contributed by atoms with Gasteiger partial charge in [-0.3, -0.25) is 4.40 Å². The second kappa shape index (κ2) is 3.60. The van der Waals surface area contributed by atoms with Gasteiger partial charge in [-0.25, -0.2) is 0 Å². The second-order valence-corrected chi connectivity index (χ2v) is 3.92. The molecule has 0 aromatic carbocycles. The fourth-order valence-corrected chi connectivity index (χ4v) is 1.42. The second-order valence-electron chi connectivity index (χ2n) is 3.92. The number of hydrogen-bond acceptors (Lipinski definition) is 4. The molecule has 0 aliphatic heterocycles. The first-order valence-electron chi connectivity index (χ1n) is 4.83. The molecule has 5 heteroatoms. The Bertz CT molecular complexity index is 463. The van der Waals surface area contributed by atoms with Crippen molar-refractivity contribution < 1.29 is 5.11 Å². The molecule has 2 heterocycles. The molecule has 5 nitrogen and oxygen atoms in total. The van der Waals surface area contributed by atoms with Crippen molar-refractivity contribution in [3.8, 4) is 0 Å². The van der Waals surface area contributed by atoms with Crippen LogP contribution < -0.4 is 5.73 Å². The van der Waals surface area contributed by atoms with Crippen molar-refractivity contribution in [1.29, 1.82) is 0 Å². The van der Waals surface area contributed by atoms with Crippen LogP contribution in [0.5, 0.6) is 0 Å². The molecule has 2 aromatic heterocycles. The maximum absolute atomic E-state index is 9.85. The van der Waals surface area contributed by atoms with E-state index in [1.165, 1.54) is 0 Å². The highest BCUT2D eigenvalue weighted by molar-refractivity contribution is 5.37. The Hall–Kier alpha value is -1.46. The highest BCUT2D eigenvalue weighted by Crippen LogP contribution is 2.11. The van der Waals surface area contributed by atoms with Gasteiger partial charge < -0.3 is 10.8 Å². The Labute approximate surface area is 87.6 Å². The highest BCUT2D eigenvalue weighted by atomic mass is 16.3. The lowest BCUT2D eigenvalue weighted by molar-refractivity contribution is 0.0673. The van der Waals surface area contributed by atoms with Crippen LogP contribution in [0.4, 0.5) is 0 Å². The Kier molecular flexibility index (Phi) is 2.42. The standard InChI is InChI=1S/C10H14N4O/c1-10(15,7-11)6-9-13-12-8-4-2-3-5-14(8)9/h2-5,15H,6-7,11H2,1H3. The normalized spacial score (nSPS) is 15.4. The Morgan fingerprint density at radius 2 is 2.27 bits per heavy atom. The Morgan fingerprint density at radius 1 is 1.47 bits per heavy atom. The minimum atomic E-state index is -0.932. The number of fused-ring (bicyclic) bond motifs is 1. The SMILES string of the molecule is CC(O)(CN)Cc1nnc2ccccn12. The monoisotopic (exact) mass is 206 g/mol. The Morgan fingerprint density at radius 3 is 3.00 bits per heavy atom. The lowest BCUT2D eigenvalue weighted by Crippen LogP contribution is -2.37. The van der Waals surface area contributed by atoms with E-state index in [1.807, 2.05) is 28.8 Å². The molecule has 0 radical (unpaired) electrons. The van der Waals surface area contributed by atoms with Crippen LogP contribution in [0.3, 0.4) is 0 Å². The molecule has 0 amide bonds. The van der Waals surface area contributed by atoms with Crippen LogP contribution in [0.25, 0.3) is 5.65 Å². The number of hydrogen-bond donors (Lipinski definition) is 2. The lowest BCUT2D eigenvalue weighted by atomic mass is 10.0. The minimum Gasteiger partial charge on any atom is -0.388 e. The zero-order chi connectivity index (χ0) is 10.9. The molecule has 0 spiro atoms. The molecular formula is C10H14N4O. The largest absolute Gasteiger partial charge is 0.388 e. The van der Waals surface area contributed by atoms with E-state index in [2.05, 4.69) is 10.2 Å². The zero-order valence-corrected chi connectivity index (χ0v) is 8.59. The van der Waals surface area contributed by atoms with Gasteiger partial charge in [0.15, 0.2) is 5.65 Å². The summed E-state index contributed by atoms with van der Waals surface area (Å²) in [7, 11) is 0. The maximum atomic E-state index is 9.85. The first-order chi connectivity index (χ1) is 7.12. The third kappa shape index (κ3) is 1.98. The summed E-state index contributed by atoms with van der Waals surface area (Å²) in [6, 6.07) is 5.67. The smallest absolute Gasteiger partial charge is 0.160 e. The van der Waals surface area contributed by atoms with Crippen LogP contribution in [-0.2, 0) is 6.42 Å². The number of nitrogens with two attached hydrogens (primary N) is 1. The third-order valence-electron chi connectivity index (χ3n) is 2.36. The molecule has 2 aromatic rings. The van der Waals surface area contributed by atoms with Gasteiger partial charge in [0.25, 0.3) is 0 Å². The summed E-state index contributed by atoms with van der Waals surface area (Å²) in [5.41, 5.74) is 5.31. The van der Waals surface area contributed by atoms with Crippen molar-refractivity contribution in [3.63, 3.8) is 0 Å². The Balaban J connectivity index is 2.37. The molecule has 0 fully saturated rings. The molecular weight excluding hydrogens is 192 g/mol. The number of aromatic nitrogens is 3. The number of rotatable bonds is 3. The van der Waals surface area contributed by atoms with Gasteiger partial charge in [-0.05, 0) is 19.1 Å². The van der Waals surface area contributed by atoms with Crippen LogP contribution in [0.2, 0.25) is 0 Å². The van der Waals surface area contributed by atoms with Crippen molar-refractivity contribution >= 4 is 5.65 Å². The van der Waals surface area contributed by atoms with Crippen molar-refractivity contribution in [2.75, 3.05) is 6.54 Å². The van der Waals surface area contributed by atoms with Crippen LogP contribution in [-0.4, -0.2) is 31.9 Å². The van der Waals surface area contributed by atoms with E-state index in [0.717, 1.165) is 11.5 Å². The highest BCUT2D eigenvalue weighted by Gasteiger charge is 2.21. The van der Waals surface area contributed by atoms with E-state index in [-0.39, 0.29) is 6.54 Å². The topological polar surface area (TPSA) is 76.4 Å². The van der Waals surface area contributed by atoms with E-state index >= 15 is 0 Å². The van der Waals surface area contributed by atoms with Crippen LogP contribution in [0.15, 0.2) is 24.4 Å². The molecule has 3 N–H and O–H groups in total. The van der Waals surface area contributed by atoms with Gasteiger partial charge in [0.2, 0.25) is 0 Å². The fraction of sp³-hybridized carbons (Fsp3) is 0.400. The predicted molar refractivity (Wildman–Crippen MR) is 56.4 cm³/mol. The predicted octanol–water partition coefficient (Wildman–Crippen LogP) is -0.0185. The minimum absolute atomic E-state index is 0.203. The van der Waals surface area contributed by atoms with Crippen LogP contribution in [0, 0.1) is 0 Å². The van der Waals surface area contributed by atoms with Gasteiger partial charge in [-0.1, -0.05) is 6.07 Å². The molecule has 15 heavy (non-hydrogen) atoms. The number of pyridine rings is 1. The van der Waals surface area contributed by atoms with Crippen LogP contribution >= 0.6 is 0 Å². The summed E-state index contributed by atoms with van der Waals surface area (Å²) >= 11 is 0. The number of nitrogens with zero attached hydrogens (tertiary/aromatic N) is 3. The quantitative estimate of drug-likeness (QED) is 0.740. The van der Waals surface area contributed by atoms with Gasteiger partial charge in [-0.15, -0.1) is 10.2 Å². The van der Waals surface area contributed by atoms with Gasteiger partial charge in [-0.2, -0.15) is 0 Å². The maximum Gasteiger partial charge on any atom is 0.160 e. The molecule has 0 saturated carbocycles.